The molecule has 14 heteroatoms. The van der Waals surface area contributed by atoms with Gasteiger partial charge in [-0.3, -0.25) is 0 Å². The Morgan fingerprint density at radius 2 is 0.885 bits per heavy atom. The fourth-order valence-corrected chi connectivity index (χ4v) is 3.16. The lowest BCUT2D eigenvalue weighted by molar-refractivity contribution is 0.950. The number of halogens is 7. The molecule has 0 saturated heterocycles. The third-order valence-corrected chi connectivity index (χ3v) is 4.47. The molecular weight excluding hydrogens is 490 g/mol. The molecule has 0 N–H and O–H groups in total. The molecule has 26 heavy (non-hydrogen) atoms. The van der Waals surface area contributed by atoms with Crippen LogP contribution in [0.15, 0.2) is 12.1 Å². The van der Waals surface area contributed by atoms with Crippen LogP contribution in [0.4, 0.5) is 17.6 Å². The van der Waals surface area contributed by atoms with E-state index in [0.717, 1.165) is 0 Å². The zero-order chi connectivity index (χ0) is 19.0. The minimum Gasteiger partial charge on any atom is -0.245 e. The van der Waals surface area contributed by atoms with Gasteiger partial charge in [-0.05, 0) is 58.5 Å². The largest absolute Gasteiger partial charge is 0.245 e. The summed E-state index contributed by atoms with van der Waals surface area (Å²) in [5, 5.41) is -0.0770. The molecule has 0 fully saturated rings. The average molecular weight is 492 g/mol. The molecule has 0 saturated carbocycles. The van der Waals surface area contributed by atoms with Crippen molar-refractivity contribution in [2.24, 2.45) is 0 Å². The van der Waals surface area contributed by atoms with E-state index in [9.17, 15) is 0 Å². The molecule has 2 aromatic heterocycles. The van der Waals surface area contributed by atoms with Crippen LogP contribution in [0.5, 0.6) is 0 Å². The first-order valence-electron chi connectivity index (χ1n) is 6.33. The van der Waals surface area contributed by atoms with Crippen LogP contribution < -0.4 is 4.90 Å². The first-order valence-corrected chi connectivity index (χ1v) is 8.98. The molecule has 3 aromatic rings. The monoisotopic (exact) mass is 489 g/mol. The Bertz CT molecular complexity index is 908. The normalized spacial score (nSPS) is 10.9. The molecule has 0 aliphatic carbocycles. The molecule has 0 radical (unpaired) electrons. The highest BCUT2D eigenvalue weighted by molar-refractivity contribution is 6.44. The van der Waals surface area contributed by atoms with E-state index in [4.69, 9.17) is 81.2 Å². The molecule has 0 aliphatic heterocycles. The van der Waals surface area contributed by atoms with Gasteiger partial charge in [0, 0.05) is 0 Å². The molecule has 0 bridgehead atoms. The number of nitrogens with zero attached hydrogens (tertiary/aromatic N) is 7. The second-order valence-electron chi connectivity index (χ2n) is 4.40. The summed E-state index contributed by atoms with van der Waals surface area (Å²) < 4.78 is 0. The van der Waals surface area contributed by atoms with Crippen LogP contribution in [0.1, 0.15) is 0 Å². The molecule has 2 heterocycles. The summed E-state index contributed by atoms with van der Waals surface area (Å²) in [5.74, 6) is -0.123. The van der Waals surface area contributed by atoms with Crippen LogP contribution in [0.3, 0.4) is 0 Å². The van der Waals surface area contributed by atoms with Gasteiger partial charge in [0.15, 0.2) is 0 Å². The Labute approximate surface area is 181 Å². The Morgan fingerprint density at radius 3 is 1.31 bits per heavy atom. The van der Waals surface area contributed by atoms with Crippen molar-refractivity contribution in [2.45, 2.75) is 0 Å². The predicted octanol–water partition coefficient (Wildman–Crippen LogP) is 6.10. The third kappa shape index (κ3) is 4.31. The van der Waals surface area contributed by atoms with Crippen LogP contribution in [-0.2, 0) is 0 Å². The van der Waals surface area contributed by atoms with Gasteiger partial charge in [0.05, 0.1) is 20.8 Å². The van der Waals surface area contributed by atoms with Gasteiger partial charge < -0.3 is 0 Å². The molecule has 7 nitrogen and oxygen atoms in total. The van der Waals surface area contributed by atoms with Gasteiger partial charge in [-0.2, -0.15) is 29.9 Å². The predicted molar refractivity (Wildman–Crippen MR) is 103 cm³/mol. The SMILES string of the molecule is Clc1nc(Cl)nc(N(c2nc(Cl)nc(Cl)n2)c2cc(Cl)c(Cl)cc2Cl)n1. The second-order valence-corrected chi connectivity index (χ2v) is 6.97. The lowest BCUT2D eigenvalue weighted by Gasteiger charge is -2.22. The number of anilines is 3. The molecule has 0 unspecified atom stereocenters. The first kappa shape index (κ1) is 19.8. The van der Waals surface area contributed by atoms with Gasteiger partial charge in [-0.25, -0.2) is 4.90 Å². The van der Waals surface area contributed by atoms with Crippen molar-refractivity contribution in [1.82, 2.24) is 29.9 Å². The van der Waals surface area contributed by atoms with Gasteiger partial charge in [0.1, 0.15) is 0 Å². The molecule has 0 aliphatic rings. The Kier molecular flexibility index (Phi) is 6.08. The first-order chi connectivity index (χ1) is 12.2. The summed E-state index contributed by atoms with van der Waals surface area (Å²) in [7, 11) is 0. The van der Waals surface area contributed by atoms with E-state index < -0.39 is 0 Å². The van der Waals surface area contributed by atoms with Crippen LogP contribution in [0.25, 0.3) is 0 Å². The van der Waals surface area contributed by atoms with Gasteiger partial charge in [0.25, 0.3) is 0 Å². The molecule has 3 rings (SSSR count). The maximum absolute atomic E-state index is 6.30. The maximum Gasteiger partial charge on any atom is 0.242 e. The zero-order valence-electron chi connectivity index (χ0n) is 11.9. The van der Waals surface area contributed by atoms with E-state index in [1.54, 1.807) is 0 Å². The van der Waals surface area contributed by atoms with Crippen molar-refractivity contribution in [3.05, 3.63) is 48.3 Å². The standard InChI is InChI=1S/C12H2Cl7N7/c13-3-1-5(15)6(2-4(3)14)26(11-22-7(16)20-8(17)23-11)12-24-9(18)21-10(19)25-12/h1-2H. The van der Waals surface area contributed by atoms with Gasteiger partial charge in [-0.1, -0.05) is 34.8 Å². The van der Waals surface area contributed by atoms with Crippen molar-refractivity contribution < 1.29 is 0 Å². The van der Waals surface area contributed by atoms with Crippen molar-refractivity contribution in [3.8, 4) is 0 Å². The summed E-state index contributed by atoms with van der Waals surface area (Å²) in [4.78, 5) is 24.7. The lowest BCUT2D eigenvalue weighted by atomic mass is 10.3. The summed E-state index contributed by atoms with van der Waals surface area (Å²) in [6.07, 6.45) is 0. The van der Waals surface area contributed by atoms with E-state index >= 15 is 0 Å². The minimum absolute atomic E-state index is 0.0615. The summed E-state index contributed by atoms with van der Waals surface area (Å²) in [5.41, 5.74) is 0.262. The third-order valence-electron chi connectivity index (χ3n) is 2.77. The lowest BCUT2D eigenvalue weighted by Crippen LogP contribution is -2.18. The zero-order valence-corrected chi connectivity index (χ0v) is 17.2. The fraction of sp³-hybridized carbons (Fsp3) is 0. The van der Waals surface area contributed by atoms with Gasteiger partial charge in [0.2, 0.25) is 33.0 Å². The van der Waals surface area contributed by atoms with Crippen molar-refractivity contribution in [2.75, 3.05) is 4.90 Å². The van der Waals surface area contributed by atoms with E-state index in [0.29, 0.717) is 0 Å². The quantitative estimate of drug-likeness (QED) is 0.409. The molecule has 1 aromatic carbocycles. The average Bonchev–Trinajstić information content (AvgIpc) is 2.50. The highest BCUT2D eigenvalue weighted by Gasteiger charge is 2.24. The van der Waals surface area contributed by atoms with Crippen molar-refractivity contribution in [3.63, 3.8) is 0 Å². The van der Waals surface area contributed by atoms with Gasteiger partial charge >= 0.3 is 0 Å². The molecule has 0 amide bonds. The van der Waals surface area contributed by atoms with E-state index in [2.05, 4.69) is 29.9 Å². The number of benzene rings is 1. The Balaban J connectivity index is 2.31. The van der Waals surface area contributed by atoms with Crippen LogP contribution in [0.2, 0.25) is 36.2 Å². The topological polar surface area (TPSA) is 80.6 Å². The Hall–Kier alpha value is -0.930. The van der Waals surface area contributed by atoms with E-state index in [-0.39, 0.29) is 53.8 Å². The minimum atomic E-state index is -0.174. The number of hydrogen-bond donors (Lipinski definition) is 0. The van der Waals surface area contributed by atoms with Gasteiger partial charge in [-0.15, -0.1) is 0 Å². The number of aromatic nitrogens is 6. The fourth-order valence-electron chi connectivity index (χ4n) is 1.82. The summed E-state index contributed by atoms with van der Waals surface area (Å²) in [6, 6.07) is 2.87. The summed E-state index contributed by atoms with van der Waals surface area (Å²) in [6.45, 7) is 0. The second kappa shape index (κ2) is 7.98. The van der Waals surface area contributed by atoms with E-state index in [1.165, 1.54) is 17.0 Å². The van der Waals surface area contributed by atoms with E-state index in [1.807, 2.05) is 0 Å². The highest BCUT2D eigenvalue weighted by atomic mass is 35.5. The Morgan fingerprint density at radius 1 is 0.500 bits per heavy atom. The molecule has 0 atom stereocenters. The highest BCUT2D eigenvalue weighted by Crippen LogP contribution is 2.40. The summed E-state index contributed by atoms with van der Waals surface area (Å²) >= 11 is 41.9. The molecule has 134 valence electrons. The molecular formula is C12H2Cl7N7. The van der Waals surface area contributed by atoms with Crippen LogP contribution in [0, 0.1) is 0 Å². The van der Waals surface area contributed by atoms with Crippen molar-refractivity contribution >= 4 is 98.8 Å². The van der Waals surface area contributed by atoms with Crippen LogP contribution >= 0.6 is 81.2 Å². The van der Waals surface area contributed by atoms with Crippen LogP contribution in [-0.4, -0.2) is 29.9 Å². The number of rotatable bonds is 3. The number of hydrogen-bond acceptors (Lipinski definition) is 7. The smallest absolute Gasteiger partial charge is 0.242 e. The maximum atomic E-state index is 6.30. The molecule has 0 spiro atoms. The van der Waals surface area contributed by atoms with Crippen molar-refractivity contribution in [1.29, 1.82) is 0 Å².